The number of hydrogen-bond donors (Lipinski definition) is 4. The number of rotatable bonds is 3. The third-order valence-electron chi connectivity index (χ3n) is 2.65. The van der Waals surface area contributed by atoms with Crippen molar-refractivity contribution in [2.75, 3.05) is 18.4 Å². The lowest BCUT2D eigenvalue weighted by Gasteiger charge is -2.25. The van der Waals surface area contributed by atoms with Gasteiger partial charge in [-0.25, -0.2) is 4.79 Å². The smallest absolute Gasteiger partial charge is 0.339 e. The van der Waals surface area contributed by atoms with Crippen LogP contribution in [0.15, 0.2) is 18.2 Å². The zero-order valence-corrected chi connectivity index (χ0v) is 8.93. The van der Waals surface area contributed by atoms with E-state index in [9.17, 15) is 14.7 Å². The van der Waals surface area contributed by atoms with Gasteiger partial charge in [-0.3, -0.25) is 4.79 Å². The molecule has 90 valence electrons. The highest BCUT2D eigenvalue weighted by atomic mass is 16.4. The molecule has 2 rings (SSSR count). The van der Waals surface area contributed by atoms with Gasteiger partial charge in [0.25, 0.3) is 0 Å². The molecule has 0 saturated carbocycles. The fourth-order valence-electron chi connectivity index (χ4n) is 1.50. The van der Waals surface area contributed by atoms with E-state index < -0.39 is 5.97 Å². The summed E-state index contributed by atoms with van der Waals surface area (Å²) in [4.78, 5) is 22.4. The second kappa shape index (κ2) is 4.42. The Morgan fingerprint density at radius 1 is 1.35 bits per heavy atom. The van der Waals surface area contributed by atoms with Crippen molar-refractivity contribution in [1.29, 1.82) is 0 Å². The molecule has 1 aliphatic heterocycles. The average molecular weight is 236 g/mol. The standard InChI is InChI=1S/C11H12N2O4/c14-9-2-1-7(3-8(9)11(16)17)13-10(15)6-4-12-5-6/h1-3,6,12,14H,4-5H2,(H,13,15)(H,16,17). The topological polar surface area (TPSA) is 98.7 Å². The zero-order valence-electron chi connectivity index (χ0n) is 8.93. The van der Waals surface area contributed by atoms with Crippen molar-refractivity contribution in [3.05, 3.63) is 23.8 Å². The molecule has 0 aliphatic carbocycles. The minimum absolute atomic E-state index is 0.0721. The van der Waals surface area contributed by atoms with Crippen LogP contribution in [0, 0.1) is 5.92 Å². The van der Waals surface area contributed by atoms with Crippen LogP contribution in [0.1, 0.15) is 10.4 Å². The molecule has 17 heavy (non-hydrogen) atoms. The number of carboxylic acids is 1. The number of carboxylic acid groups (broad SMARTS) is 1. The highest BCUT2D eigenvalue weighted by Crippen LogP contribution is 2.22. The van der Waals surface area contributed by atoms with Crippen LogP contribution in [-0.2, 0) is 4.79 Å². The Bertz CT molecular complexity index is 469. The predicted octanol–water partition coefficient (Wildman–Crippen LogP) is 0.248. The van der Waals surface area contributed by atoms with Crippen LogP contribution in [0.3, 0.4) is 0 Å². The Kier molecular flexibility index (Phi) is 2.97. The summed E-state index contributed by atoms with van der Waals surface area (Å²) in [6.07, 6.45) is 0. The Morgan fingerprint density at radius 3 is 2.59 bits per heavy atom. The first-order valence-electron chi connectivity index (χ1n) is 5.16. The van der Waals surface area contributed by atoms with E-state index >= 15 is 0 Å². The maximum atomic E-state index is 11.6. The van der Waals surface area contributed by atoms with Crippen molar-refractivity contribution in [2.24, 2.45) is 5.92 Å². The number of benzene rings is 1. The first-order valence-corrected chi connectivity index (χ1v) is 5.16. The number of carbonyl (C=O) groups excluding carboxylic acids is 1. The number of phenols is 1. The molecule has 1 amide bonds. The summed E-state index contributed by atoms with van der Waals surface area (Å²) in [7, 11) is 0. The molecular formula is C11H12N2O4. The highest BCUT2D eigenvalue weighted by molar-refractivity contribution is 5.96. The minimum Gasteiger partial charge on any atom is -0.507 e. The van der Waals surface area contributed by atoms with E-state index in [1.807, 2.05) is 0 Å². The summed E-state index contributed by atoms with van der Waals surface area (Å²) >= 11 is 0. The van der Waals surface area contributed by atoms with E-state index in [4.69, 9.17) is 5.11 Å². The van der Waals surface area contributed by atoms with Gasteiger partial charge >= 0.3 is 5.97 Å². The van der Waals surface area contributed by atoms with Crippen molar-refractivity contribution >= 4 is 17.6 Å². The van der Waals surface area contributed by atoms with Crippen molar-refractivity contribution in [3.8, 4) is 5.75 Å². The van der Waals surface area contributed by atoms with Gasteiger partial charge in [0.1, 0.15) is 11.3 Å². The molecule has 1 heterocycles. The summed E-state index contributed by atoms with van der Waals surface area (Å²) < 4.78 is 0. The molecule has 0 atom stereocenters. The molecular weight excluding hydrogens is 224 g/mol. The number of aromatic hydroxyl groups is 1. The Balaban J connectivity index is 2.13. The van der Waals surface area contributed by atoms with Crippen LogP contribution in [0.5, 0.6) is 5.75 Å². The van der Waals surface area contributed by atoms with E-state index in [2.05, 4.69) is 10.6 Å². The largest absolute Gasteiger partial charge is 0.507 e. The first kappa shape index (κ1) is 11.4. The molecule has 0 spiro atoms. The van der Waals surface area contributed by atoms with Crippen molar-refractivity contribution in [2.45, 2.75) is 0 Å². The van der Waals surface area contributed by atoms with Gasteiger partial charge in [-0.2, -0.15) is 0 Å². The SMILES string of the molecule is O=C(O)c1cc(NC(=O)C2CNC2)ccc1O. The van der Waals surface area contributed by atoms with Gasteiger partial charge in [0.15, 0.2) is 0 Å². The Labute approximate surface area is 97.3 Å². The lowest BCUT2D eigenvalue weighted by Crippen LogP contribution is -2.48. The fourth-order valence-corrected chi connectivity index (χ4v) is 1.50. The molecule has 1 aromatic carbocycles. The molecule has 4 N–H and O–H groups in total. The van der Waals surface area contributed by atoms with Gasteiger partial charge in [-0.15, -0.1) is 0 Å². The quantitative estimate of drug-likeness (QED) is 0.564. The monoisotopic (exact) mass is 236 g/mol. The molecule has 1 saturated heterocycles. The first-order chi connectivity index (χ1) is 8.08. The van der Waals surface area contributed by atoms with Gasteiger partial charge in [0.05, 0.1) is 5.92 Å². The molecule has 0 unspecified atom stereocenters. The van der Waals surface area contributed by atoms with Gasteiger partial charge < -0.3 is 20.8 Å². The van der Waals surface area contributed by atoms with Crippen LogP contribution < -0.4 is 10.6 Å². The fraction of sp³-hybridized carbons (Fsp3) is 0.273. The summed E-state index contributed by atoms with van der Waals surface area (Å²) in [6, 6.07) is 3.95. The van der Waals surface area contributed by atoms with Crippen LogP contribution in [-0.4, -0.2) is 35.2 Å². The van der Waals surface area contributed by atoms with E-state index in [0.717, 1.165) is 0 Å². The summed E-state index contributed by atoms with van der Waals surface area (Å²) in [6.45, 7) is 1.27. The van der Waals surface area contributed by atoms with E-state index in [1.54, 1.807) is 0 Å². The van der Waals surface area contributed by atoms with E-state index in [0.29, 0.717) is 18.8 Å². The molecule has 0 bridgehead atoms. The number of amides is 1. The maximum absolute atomic E-state index is 11.6. The third-order valence-corrected chi connectivity index (χ3v) is 2.65. The summed E-state index contributed by atoms with van der Waals surface area (Å²) in [5, 5.41) is 23.7. The van der Waals surface area contributed by atoms with Crippen LogP contribution in [0.2, 0.25) is 0 Å². The van der Waals surface area contributed by atoms with Crippen LogP contribution in [0.25, 0.3) is 0 Å². The molecule has 1 aromatic rings. The molecule has 0 aromatic heterocycles. The van der Waals surface area contributed by atoms with Gasteiger partial charge in [0, 0.05) is 18.8 Å². The maximum Gasteiger partial charge on any atom is 0.339 e. The number of anilines is 1. The Hall–Kier alpha value is -2.08. The molecule has 0 radical (unpaired) electrons. The van der Waals surface area contributed by atoms with Gasteiger partial charge in [-0.05, 0) is 18.2 Å². The lowest BCUT2D eigenvalue weighted by molar-refractivity contribution is -0.121. The van der Waals surface area contributed by atoms with E-state index in [1.165, 1.54) is 18.2 Å². The summed E-state index contributed by atoms with van der Waals surface area (Å²) in [5.74, 6) is -1.77. The normalized spacial score (nSPS) is 15.1. The molecule has 1 fully saturated rings. The van der Waals surface area contributed by atoms with Gasteiger partial charge in [0.2, 0.25) is 5.91 Å². The number of hydrogen-bond acceptors (Lipinski definition) is 4. The molecule has 1 aliphatic rings. The van der Waals surface area contributed by atoms with Crippen LogP contribution in [0.4, 0.5) is 5.69 Å². The molecule has 6 nitrogen and oxygen atoms in total. The minimum atomic E-state index is -1.23. The van der Waals surface area contributed by atoms with Crippen molar-refractivity contribution in [1.82, 2.24) is 5.32 Å². The number of nitrogens with one attached hydrogen (secondary N) is 2. The lowest BCUT2D eigenvalue weighted by atomic mass is 10.0. The Morgan fingerprint density at radius 2 is 2.06 bits per heavy atom. The predicted molar refractivity (Wildman–Crippen MR) is 60.1 cm³/mol. The highest BCUT2D eigenvalue weighted by Gasteiger charge is 2.25. The summed E-state index contributed by atoms with van der Waals surface area (Å²) in [5.41, 5.74) is 0.145. The zero-order chi connectivity index (χ0) is 12.4. The second-order valence-corrected chi connectivity index (χ2v) is 3.88. The third kappa shape index (κ3) is 2.36. The van der Waals surface area contributed by atoms with Crippen molar-refractivity contribution < 1.29 is 19.8 Å². The van der Waals surface area contributed by atoms with Crippen molar-refractivity contribution in [3.63, 3.8) is 0 Å². The molecule has 6 heteroatoms. The number of carbonyl (C=O) groups is 2. The number of aromatic carboxylic acids is 1. The average Bonchev–Trinajstić information content (AvgIpc) is 2.17. The second-order valence-electron chi connectivity index (χ2n) is 3.88. The van der Waals surface area contributed by atoms with Crippen LogP contribution >= 0.6 is 0 Å². The van der Waals surface area contributed by atoms with Gasteiger partial charge in [-0.1, -0.05) is 0 Å². The van der Waals surface area contributed by atoms with E-state index in [-0.39, 0.29) is 23.1 Å².